The van der Waals surface area contributed by atoms with E-state index in [1.54, 1.807) is 33.2 Å². The van der Waals surface area contributed by atoms with Crippen molar-refractivity contribution in [3.8, 4) is 5.75 Å². The summed E-state index contributed by atoms with van der Waals surface area (Å²) in [5.74, 6) is -0.125. The molecule has 0 unspecified atom stereocenters. The molecule has 132 valence electrons. The number of amides is 1. The van der Waals surface area contributed by atoms with Gasteiger partial charge in [-0.2, -0.15) is 5.10 Å². The zero-order valence-corrected chi connectivity index (χ0v) is 14.8. The van der Waals surface area contributed by atoms with Crippen LogP contribution in [0.1, 0.15) is 27.2 Å². The molecule has 1 aromatic heterocycles. The van der Waals surface area contributed by atoms with Gasteiger partial charge in [0.2, 0.25) is 0 Å². The van der Waals surface area contributed by atoms with Crippen LogP contribution in [0.25, 0.3) is 10.8 Å². The minimum atomic E-state index is -0.765. The zero-order valence-electron chi connectivity index (χ0n) is 14.8. The zero-order chi connectivity index (χ0) is 18.8. The average Bonchev–Trinajstić information content (AvgIpc) is 2.60. The Labute approximate surface area is 150 Å². The molecule has 1 amide bonds. The van der Waals surface area contributed by atoms with Crippen LogP contribution in [-0.4, -0.2) is 23.9 Å². The molecule has 1 heterocycles. The summed E-state index contributed by atoms with van der Waals surface area (Å²) in [5.41, 5.74) is 6.63. The Bertz CT molecular complexity index is 1100. The van der Waals surface area contributed by atoms with E-state index in [4.69, 9.17) is 10.5 Å². The van der Waals surface area contributed by atoms with Gasteiger partial charge in [0, 0.05) is 11.3 Å². The second kappa shape index (κ2) is 6.84. The highest BCUT2D eigenvalue weighted by molar-refractivity contribution is 6.02. The fraction of sp³-hybridized carbons (Fsp3) is 0.150. The minimum Gasteiger partial charge on any atom is -0.496 e. The number of carbonyl (C=O) groups is 1. The van der Waals surface area contributed by atoms with Crippen molar-refractivity contribution in [1.82, 2.24) is 4.68 Å². The van der Waals surface area contributed by atoms with Gasteiger partial charge in [-0.25, -0.2) is 4.68 Å². The average molecular weight is 349 g/mol. The van der Waals surface area contributed by atoms with Crippen LogP contribution in [-0.2, 0) is 0 Å². The van der Waals surface area contributed by atoms with Crippen LogP contribution in [0.5, 0.6) is 5.75 Å². The first-order valence-corrected chi connectivity index (χ1v) is 8.07. The second-order valence-corrected chi connectivity index (χ2v) is 5.97. The predicted octanol–water partition coefficient (Wildman–Crippen LogP) is 2.61. The van der Waals surface area contributed by atoms with Crippen LogP contribution in [0, 0.1) is 13.8 Å². The Morgan fingerprint density at radius 2 is 1.92 bits per heavy atom. The van der Waals surface area contributed by atoms with E-state index < -0.39 is 11.5 Å². The molecule has 0 saturated heterocycles. The van der Waals surface area contributed by atoms with E-state index in [0.717, 1.165) is 16.3 Å². The number of nitrogens with two attached hydrogens (primary N) is 1. The number of benzene rings is 2. The first-order valence-electron chi connectivity index (χ1n) is 8.07. The lowest BCUT2D eigenvalue weighted by atomic mass is 10.0. The summed E-state index contributed by atoms with van der Waals surface area (Å²) >= 11 is 0. The fourth-order valence-corrected chi connectivity index (χ4v) is 3.03. The van der Waals surface area contributed by atoms with Gasteiger partial charge in [0.25, 0.3) is 11.5 Å². The van der Waals surface area contributed by atoms with Gasteiger partial charge in [-0.05, 0) is 42.3 Å². The molecule has 3 aromatic rings. The van der Waals surface area contributed by atoms with E-state index in [1.807, 2.05) is 36.4 Å². The molecule has 0 aliphatic carbocycles. The monoisotopic (exact) mass is 349 g/mol. The highest BCUT2D eigenvalue weighted by atomic mass is 16.5. The number of ether oxygens (including phenoxy) is 1. The quantitative estimate of drug-likeness (QED) is 0.735. The molecule has 0 aliphatic heterocycles. The van der Waals surface area contributed by atoms with Gasteiger partial charge in [-0.1, -0.05) is 30.3 Å². The Balaban J connectivity index is 2.21. The van der Waals surface area contributed by atoms with Gasteiger partial charge in [0.15, 0.2) is 0 Å². The van der Waals surface area contributed by atoms with Gasteiger partial charge in [0.1, 0.15) is 11.3 Å². The van der Waals surface area contributed by atoms with Crippen molar-refractivity contribution in [2.75, 3.05) is 7.11 Å². The minimum absolute atomic E-state index is 0.0577. The summed E-state index contributed by atoms with van der Waals surface area (Å²) in [5, 5.41) is 6.29. The molecule has 6 nitrogen and oxygen atoms in total. The summed E-state index contributed by atoms with van der Waals surface area (Å²) in [4.78, 5) is 24.2. The van der Waals surface area contributed by atoms with E-state index in [0.29, 0.717) is 17.0 Å². The molecule has 0 bridgehead atoms. The normalized spacial score (nSPS) is 11.2. The van der Waals surface area contributed by atoms with Gasteiger partial charge < -0.3 is 10.5 Å². The van der Waals surface area contributed by atoms with Crippen molar-refractivity contribution >= 4 is 22.9 Å². The summed E-state index contributed by atoms with van der Waals surface area (Å²) in [7, 11) is 1.58. The lowest BCUT2D eigenvalue weighted by Crippen LogP contribution is -2.30. The molecule has 0 aliphatic rings. The van der Waals surface area contributed by atoms with Crippen LogP contribution in [0.2, 0.25) is 0 Å². The van der Waals surface area contributed by atoms with Crippen LogP contribution < -0.4 is 16.0 Å². The smallest absolute Gasteiger partial charge is 0.284 e. The fourth-order valence-electron chi connectivity index (χ4n) is 3.03. The van der Waals surface area contributed by atoms with Crippen molar-refractivity contribution in [1.29, 1.82) is 0 Å². The Hall–Kier alpha value is -3.41. The Morgan fingerprint density at radius 1 is 1.19 bits per heavy atom. The van der Waals surface area contributed by atoms with Crippen molar-refractivity contribution in [3.63, 3.8) is 0 Å². The van der Waals surface area contributed by atoms with Crippen LogP contribution in [0.4, 0.5) is 0 Å². The molecule has 6 heteroatoms. The highest BCUT2D eigenvalue weighted by Crippen LogP contribution is 2.26. The number of hydrogen-bond donors (Lipinski definition) is 1. The largest absolute Gasteiger partial charge is 0.496 e. The number of hydrogen-bond acceptors (Lipinski definition) is 4. The third kappa shape index (κ3) is 2.97. The van der Waals surface area contributed by atoms with Gasteiger partial charge in [-0.3, -0.25) is 9.59 Å². The van der Waals surface area contributed by atoms with Crippen molar-refractivity contribution in [3.05, 3.63) is 75.2 Å². The number of aryl methyl sites for hydroxylation is 2. The lowest BCUT2D eigenvalue weighted by Gasteiger charge is -2.10. The molecule has 2 aromatic carbocycles. The van der Waals surface area contributed by atoms with E-state index >= 15 is 0 Å². The summed E-state index contributed by atoms with van der Waals surface area (Å²) in [6.45, 7) is 3.42. The topological polar surface area (TPSA) is 86.7 Å². The molecular weight excluding hydrogens is 330 g/mol. The number of aromatic nitrogens is 1. The van der Waals surface area contributed by atoms with E-state index in [9.17, 15) is 9.59 Å². The maximum Gasteiger partial charge on any atom is 0.284 e. The van der Waals surface area contributed by atoms with Gasteiger partial charge in [-0.15, -0.1) is 0 Å². The van der Waals surface area contributed by atoms with Gasteiger partial charge >= 0.3 is 0 Å². The number of pyridine rings is 1. The third-order valence-corrected chi connectivity index (χ3v) is 4.26. The first-order chi connectivity index (χ1) is 12.4. The molecular formula is C20H19N3O3. The second-order valence-electron chi connectivity index (χ2n) is 5.97. The number of carbonyl (C=O) groups excluding carboxylic acids is 1. The SMILES string of the molecule is COc1ccc2ccccc2c1/C=N/n1c(C)cc(C)c(C(N)=O)c1=O. The van der Waals surface area contributed by atoms with E-state index in [-0.39, 0.29) is 5.56 Å². The molecule has 0 saturated carbocycles. The van der Waals surface area contributed by atoms with Crippen molar-refractivity contribution in [2.24, 2.45) is 10.8 Å². The number of nitrogens with zero attached hydrogens (tertiary/aromatic N) is 2. The number of primary amides is 1. The van der Waals surface area contributed by atoms with Crippen molar-refractivity contribution < 1.29 is 9.53 Å². The summed E-state index contributed by atoms with van der Waals surface area (Å²) in [6, 6.07) is 13.3. The first kappa shape index (κ1) is 17.4. The van der Waals surface area contributed by atoms with Crippen LogP contribution in [0.3, 0.4) is 0 Å². The summed E-state index contributed by atoms with van der Waals surface area (Å²) in [6.07, 6.45) is 1.57. The molecule has 26 heavy (non-hydrogen) atoms. The lowest BCUT2D eigenvalue weighted by molar-refractivity contribution is 0.0997. The van der Waals surface area contributed by atoms with Gasteiger partial charge in [0.05, 0.1) is 13.3 Å². The molecule has 2 N–H and O–H groups in total. The van der Waals surface area contributed by atoms with E-state index in [2.05, 4.69) is 5.10 Å². The maximum absolute atomic E-state index is 12.6. The highest BCUT2D eigenvalue weighted by Gasteiger charge is 2.15. The van der Waals surface area contributed by atoms with Crippen LogP contribution in [0.15, 0.2) is 52.4 Å². The predicted molar refractivity (Wildman–Crippen MR) is 102 cm³/mol. The van der Waals surface area contributed by atoms with Crippen molar-refractivity contribution in [2.45, 2.75) is 13.8 Å². The third-order valence-electron chi connectivity index (χ3n) is 4.26. The number of rotatable bonds is 4. The maximum atomic E-state index is 12.6. The molecule has 0 fully saturated rings. The standard InChI is InChI=1S/C20H19N3O3/c1-12-10-13(2)23(20(25)18(12)19(21)24)22-11-16-15-7-5-4-6-14(15)8-9-17(16)26-3/h4-11H,1-3H3,(H2,21,24)/b22-11+. The Kier molecular flexibility index (Phi) is 4.58. The van der Waals surface area contributed by atoms with E-state index in [1.165, 1.54) is 4.68 Å². The molecule has 0 atom stereocenters. The molecule has 0 radical (unpaired) electrons. The Morgan fingerprint density at radius 3 is 2.62 bits per heavy atom. The summed E-state index contributed by atoms with van der Waals surface area (Å²) < 4.78 is 6.61. The number of fused-ring (bicyclic) bond motifs is 1. The molecule has 3 rings (SSSR count). The number of methoxy groups -OCH3 is 1. The molecule has 0 spiro atoms. The van der Waals surface area contributed by atoms with Crippen LogP contribution >= 0.6 is 0 Å².